The average molecular weight is 206 g/mol. The number of H-pyrrole nitrogens is 1. The summed E-state index contributed by atoms with van der Waals surface area (Å²) in [5.74, 6) is 0. The zero-order valence-electron chi connectivity index (χ0n) is 7.93. The maximum atomic E-state index is 11.7. The molecule has 2 heterocycles. The van der Waals surface area contributed by atoms with E-state index < -0.39 is 0 Å². The molecule has 0 spiro atoms. The minimum atomic E-state index is -0.328. The van der Waals surface area contributed by atoms with Crippen LogP contribution in [-0.2, 0) is 6.54 Å². The van der Waals surface area contributed by atoms with Crippen LogP contribution in [0.4, 0.5) is 0 Å². The van der Waals surface area contributed by atoms with Gasteiger partial charge in [-0.2, -0.15) is 0 Å². The average Bonchev–Trinajstić information content (AvgIpc) is 2.26. The molecule has 0 saturated carbocycles. The third-order valence-electron chi connectivity index (χ3n) is 2.09. The summed E-state index contributed by atoms with van der Waals surface area (Å²) in [7, 11) is 0. The Labute approximate surface area is 84.3 Å². The Bertz CT molecular complexity index is 599. The second-order valence-corrected chi connectivity index (χ2v) is 3.09. The van der Waals surface area contributed by atoms with Crippen molar-refractivity contribution in [2.24, 2.45) is 5.73 Å². The molecule has 78 valence electrons. The maximum absolute atomic E-state index is 11.7. The van der Waals surface area contributed by atoms with Crippen molar-refractivity contribution in [2.75, 3.05) is 6.54 Å². The standard InChI is InChI=1S/C9H10N4O2/c10-3-5-13-9(15)7-6(8(14)12-13)2-1-4-11-7/h1-2,4H,3,5,10H2,(H,12,14). The lowest BCUT2D eigenvalue weighted by molar-refractivity contribution is 0.584. The lowest BCUT2D eigenvalue weighted by Crippen LogP contribution is -2.32. The summed E-state index contributed by atoms with van der Waals surface area (Å²) in [6.45, 7) is 0.564. The van der Waals surface area contributed by atoms with Gasteiger partial charge in [0, 0.05) is 12.7 Å². The summed E-state index contributed by atoms with van der Waals surface area (Å²) in [5, 5.41) is 2.75. The Hall–Kier alpha value is -1.95. The summed E-state index contributed by atoms with van der Waals surface area (Å²) in [5.41, 5.74) is 4.85. The van der Waals surface area contributed by atoms with Crippen molar-refractivity contribution in [3.05, 3.63) is 39.0 Å². The fourth-order valence-electron chi connectivity index (χ4n) is 1.41. The number of nitrogens with one attached hydrogen (secondary N) is 1. The van der Waals surface area contributed by atoms with Crippen LogP contribution in [0.25, 0.3) is 10.9 Å². The molecule has 0 atom stereocenters. The van der Waals surface area contributed by atoms with Crippen molar-refractivity contribution in [2.45, 2.75) is 6.54 Å². The van der Waals surface area contributed by atoms with Crippen LogP contribution in [-0.4, -0.2) is 21.3 Å². The van der Waals surface area contributed by atoms with Gasteiger partial charge in [-0.1, -0.05) is 0 Å². The largest absolute Gasteiger partial charge is 0.329 e. The Morgan fingerprint density at radius 1 is 1.47 bits per heavy atom. The highest BCUT2D eigenvalue weighted by molar-refractivity contribution is 5.75. The highest BCUT2D eigenvalue weighted by Crippen LogP contribution is 1.97. The van der Waals surface area contributed by atoms with Gasteiger partial charge in [-0.15, -0.1) is 0 Å². The molecule has 0 bridgehead atoms. The first-order valence-electron chi connectivity index (χ1n) is 4.52. The van der Waals surface area contributed by atoms with E-state index in [1.165, 1.54) is 10.9 Å². The van der Waals surface area contributed by atoms with Crippen LogP contribution in [0.5, 0.6) is 0 Å². The number of aromatic amines is 1. The van der Waals surface area contributed by atoms with Gasteiger partial charge >= 0.3 is 0 Å². The fourth-order valence-corrected chi connectivity index (χ4v) is 1.41. The van der Waals surface area contributed by atoms with E-state index in [0.29, 0.717) is 5.39 Å². The van der Waals surface area contributed by atoms with E-state index in [2.05, 4.69) is 10.1 Å². The predicted octanol–water partition coefficient (Wildman–Crippen LogP) is -0.957. The van der Waals surface area contributed by atoms with Gasteiger partial charge in [0.15, 0.2) is 0 Å². The van der Waals surface area contributed by atoms with Gasteiger partial charge in [-0.05, 0) is 12.1 Å². The van der Waals surface area contributed by atoms with Gasteiger partial charge in [0.1, 0.15) is 5.52 Å². The molecule has 0 saturated heterocycles. The number of rotatable bonds is 2. The SMILES string of the molecule is NCCn1[nH]c(=O)c2cccnc2c1=O. The highest BCUT2D eigenvalue weighted by atomic mass is 16.2. The number of hydrogen-bond donors (Lipinski definition) is 2. The second kappa shape index (κ2) is 3.66. The molecule has 2 rings (SSSR count). The smallest absolute Gasteiger partial charge is 0.291 e. The number of pyridine rings is 1. The topological polar surface area (TPSA) is 93.8 Å². The minimum absolute atomic E-state index is 0.176. The third-order valence-corrected chi connectivity index (χ3v) is 2.09. The molecule has 6 nitrogen and oxygen atoms in total. The van der Waals surface area contributed by atoms with Crippen LogP contribution in [0.2, 0.25) is 0 Å². The van der Waals surface area contributed by atoms with Gasteiger partial charge < -0.3 is 5.73 Å². The van der Waals surface area contributed by atoms with Gasteiger partial charge in [0.05, 0.1) is 11.9 Å². The van der Waals surface area contributed by atoms with E-state index in [1.54, 1.807) is 12.1 Å². The molecule has 0 aliphatic heterocycles. The van der Waals surface area contributed by atoms with Crippen LogP contribution < -0.4 is 16.9 Å². The molecule has 2 aromatic heterocycles. The lowest BCUT2D eigenvalue weighted by Gasteiger charge is -2.03. The van der Waals surface area contributed by atoms with Crippen molar-refractivity contribution in [3.8, 4) is 0 Å². The van der Waals surface area contributed by atoms with Crippen LogP contribution in [0.15, 0.2) is 27.9 Å². The molecule has 0 radical (unpaired) electrons. The van der Waals surface area contributed by atoms with Crippen LogP contribution in [0.1, 0.15) is 0 Å². The summed E-state index contributed by atoms with van der Waals surface area (Å²) in [6, 6.07) is 3.18. The van der Waals surface area contributed by atoms with Crippen molar-refractivity contribution >= 4 is 10.9 Å². The summed E-state index contributed by atoms with van der Waals surface area (Å²) in [4.78, 5) is 27.2. The van der Waals surface area contributed by atoms with Crippen molar-refractivity contribution in [3.63, 3.8) is 0 Å². The van der Waals surface area contributed by atoms with Crippen LogP contribution in [0.3, 0.4) is 0 Å². The number of aromatic nitrogens is 3. The normalized spacial score (nSPS) is 10.7. The first kappa shape index (κ1) is 9.60. The summed E-state index contributed by atoms with van der Waals surface area (Å²) < 4.78 is 1.18. The summed E-state index contributed by atoms with van der Waals surface area (Å²) in [6.07, 6.45) is 1.48. The zero-order chi connectivity index (χ0) is 10.8. The van der Waals surface area contributed by atoms with E-state index in [-0.39, 0.29) is 29.7 Å². The molecular weight excluding hydrogens is 196 g/mol. The summed E-state index contributed by atoms with van der Waals surface area (Å²) >= 11 is 0. The quantitative estimate of drug-likeness (QED) is 0.662. The predicted molar refractivity (Wildman–Crippen MR) is 55.7 cm³/mol. The van der Waals surface area contributed by atoms with Gasteiger partial charge in [0.2, 0.25) is 0 Å². The zero-order valence-corrected chi connectivity index (χ0v) is 7.93. The molecule has 0 fully saturated rings. The molecule has 0 aromatic carbocycles. The molecule has 15 heavy (non-hydrogen) atoms. The molecular formula is C9H10N4O2. The van der Waals surface area contributed by atoms with Crippen LogP contribution >= 0.6 is 0 Å². The van der Waals surface area contributed by atoms with E-state index in [9.17, 15) is 9.59 Å². The first-order chi connectivity index (χ1) is 7.24. The Morgan fingerprint density at radius 2 is 2.27 bits per heavy atom. The van der Waals surface area contributed by atoms with Gasteiger partial charge in [0.25, 0.3) is 11.1 Å². The monoisotopic (exact) mass is 206 g/mol. The van der Waals surface area contributed by atoms with Crippen LogP contribution in [0, 0.1) is 0 Å². The molecule has 0 aliphatic rings. The van der Waals surface area contributed by atoms with E-state index in [0.717, 1.165) is 0 Å². The van der Waals surface area contributed by atoms with Crippen molar-refractivity contribution in [1.82, 2.24) is 14.8 Å². The highest BCUT2D eigenvalue weighted by Gasteiger charge is 2.06. The Balaban J connectivity index is 2.85. The van der Waals surface area contributed by atoms with Gasteiger partial charge in [-0.3, -0.25) is 19.7 Å². The number of hydrogen-bond acceptors (Lipinski definition) is 4. The molecule has 6 heteroatoms. The van der Waals surface area contributed by atoms with E-state index in [4.69, 9.17) is 5.73 Å². The van der Waals surface area contributed by atoms with Crippen molar-refractivity contribution < 1.29 is 0 Å². The number of nitrogens with zero attached hydrogens (tertiary/aromatic N) is 2. The molecule has 3 N–H and O–H groups in total. The number of fused-ring (bicyclic) bond motifs is 1. The first-order valence-corrected chi connectivity index (χ1v) is 4.52. The Kier molecular flexibility index (Phi) is 2.34. The maximum Gasteiger partial charge on any atom is 0.291 e. The lowest BCUT2D eigenvalue weighted by atomic mass is 10.3. The molecule has 2 aromatic rings. The van der Waals surface area contributed by atoms with E-state index in [1.807, 2.05) is 0 Å². The number of nitrogens with two attached hydrogens (primary N) is 1. The van der Waals surface area contributed by atoms with E-state index >= 15 is 0 Å². The van der Waals surface area contributed by atoms with Gasteiger partial charge in [-0.25, -0.2) is 4.68 Å². The third kappa shape index (κ3) is 1.55. The van der Waals surface area contributed by atoms with Crippen molar-refractivity contribution in [1.29, 1.82) is 0 Å². The fraction of sp³-hybridized carbons (Fsp3) is 0.222. The molecule has 0 aliphatic carbocycles. The minimum Gasteiger partial charge on any atom is -0.329 e. The molecule has 0 unspecified atom stereocenters. The second-order valence-electron chi connectivity index (χ2n) is 3.09. The Morgan fingerprint density at radius 3 is 3.00 bits per heavy atom. The molecule has 0 amide bonds.